The molecule has 4 rings (SSSR count). The first kappa shape index (κ1) is 19.5. The Morgan fingerprint density at radius 2 is 1.48 bits per heavy atom. The van der Waals surface area contributed by atoms with Crippen LogP contribution >= 0.6 is 12.4 Å². The Morgan fingerprint density at radius 3 is 2.15 bits per heavy atom. The molecular formula is C20H22ClN3O2S. The Kier molecular flexibility index (Phi) is 5.60. The van der Waals surface area contributed by atoms with Crippen LogP contribution in [-0.4, -0.2) is 34.6 Å². The molecule has 0 spiro atoms. The number of piperazine rings is 1. The normalized spacial score (nSPS) is 14.7. The van der Waals surface area contributed by atoms with Crippen molar-refractivity contribution in [1.29, 1.82) is 0 Å². The van der Waals surface area contributed by atoms with Crippen LogP contribution in [0.1, 0.15) is 0 Å². The topological polar surface area (TPSA) is 75.4 Å². The lowest BCUT2D eigenvalue weighted by Gasteiger charge is -2.30. The maximum Gasteiger partial charge on any atom is 0.207 e. The Morgan fingerprint density at radius 1 is 0.852 bits per heavy atom. The molecule has 3 aromatic rings. The standard InChI is InChI=1S/C20H21N3O2S.ClH/c21-15-5-7-16(8-6-15)26(24,25)20-10-9-19(23-13-11-22-12-14-23)17-3-1-2-4-18(17)20;/h1-10,22H,11-14,21H2;1H. The van der Waals surface area contributed by atoms with E-state index in [2.05, 4.69) is 10.2 Å². The highest BCUT2D eigenvalue weighted by Gasteiger charge is 2.22. The molecule has 0 bridgehead atoms. The first-order chi connectivity index (χ1) is 12.6. The van der Waals surface area contributed by atoms with E-state index in [1.165, 1.54) is 0 Å². The highest BCUT2D eigenvalue weighted by atomic mass is 35.5. The zero-order valence-corrected chi connectivity index (χ0v) is 16.4. The number of fused-ring (bicyclic) bond motifs is 1. The largest absolute Gasteiger partial charge is 0.399 e. The van der Waals surface area contributed by atoms with Crippen LogP contribution in [0.4, 0.5) is 11.4 Å². The van der Waals surface area contributed by atoms with E-state index in [-0.39, 0.29) is 17.3 Å². The zero-order valence-electron chi connectivity index (χ0n) is 14.8. The van der Waals surface area contributed by atoms with Gasteiger partial charge in [-0.25, -0.2) is 8.42 Å². The molecular weight excluding hydrogens is 382 g/mol. The predicted octanol–water partition coefficient (Wildman–Crippen LogP) is 3.09. The number of sulfone groups is 1. The van der Waals surface area contributed by atoms with Gasteiger partial charge in [-0.05, 0) is 36.4 Å². The number of nitrogens with one attached hydrogen (secondary N) is 1. The molecule has 0 aliphatic carbocycles. The van der Waals surface area contributed by atoms with Crippen molar-refractivity contribution in [1.82, 2.24) is 5.32 Å². The summed E-state index contributed by atoms with van der Waals surface area (Å²) in [4.78, 5) is 2.89. The average Bonchev–Trinajstić information content (AvgIpc) is 2.68. The quantitative estimate of drug-likeness (QED) is 0.657. The highest BCUT2D eigenvalue weighted by Crippen LogP contribution is 2.34. The van der Waals surface area contributed by atoms with E-state index in [0.717, 1.165) is 42.6 Å². The van der Waals surface area contributed by atoms with Gasteiger partial charge in [0.05, 0.1) is 9.79 Å². The number of nitrogens with two attached hydrogens (primary N) is 1. The van der Waals surface area contributed by atoms with E-state index in [1.54, 1.807) is 30.3 Å². The highest BCUT2D eigenvalue weighted by molar-refractivity contribution is 7.91. The van der Waals surface area contributed by atoms with Crippen LogP contribution in [0.3, 0.4) is 0 Å². The molecule has 7 heteroatoms. The molecule has 3 aromatic carbocycles. The monoisotopic (exact) mass is 403 g/mol. The van der Waals surface area contributed by atoms with Crippen molar-refractivity contribution in [3.63, 3.8) is 0 Å². The average molecular weight is 404 g/mol. The zero-order chi connectivity index (χ0) is 18.1. The van der Waals surface area contributed by atoms with Crippen molar-refractivity contribution in [2.45, 2.75) is 9.79 Å². The van der Waals surface area contributed by atoms with Gasteiger partial charge in [0.1, 0.15) is 0 Å². The molecule has 1 heterocycles. The van der Waals surface area contributed by atoms with Crippen molar-refractivity contribution in [2.75, 3.05) is 36.8 Å². The van der Waals surface area contributed by atoms with Crippen LogP contribution in [0, 0.1) is 0 Å². The van der Waals surface area contributed by atoms with E-state index >= 15 is 0 Å². The van der Waals surface area contributed by atoms with Crippen LogP contribution in [0.25, 0.3) is 10.8 Å². The number of benzene rings is 3. The fraction of sp³-hybridized carbons (Fsp3) is 0.200. The number of anilines is 2. The second-order valence-corrected chi connectivity index (χ2v) is 8.36. The first-order valence-electron chi connectivity index (χ1n) is 8.65. The summed E-state index contributed by atoms with van der Waals surface area (Å²) in [5.41, 5.74) is 7.32. The van der Waals surface area contributed by atoms with Gasteiger partial charge in [-0.3, -0.25) is 0 Å². The fourth-order valence-electron chi connectivity index (χ4n) is 3.45. The molecule has 27 heavy (non-hydrogen) atoms. The van der Waals surface area contributed by atoms with Crippen LogP contribution in [-0.2, 0) is 9.84 Å². The number of nitrogen functional groups attached to an aromatic ring is 1. The third-order valence-corrected chi connectivity index (χ3v) is 6.63. The minimum atomic E-state index is -3.62. The Labute approximate surface area is 165 Å². The Bertz CT molecular complexity index is 1050. The molecule has 1 fully saturated rings. The predicted molar refractivity (Wildman–Crippen MR) is 113 cm³/mol. The van der Waals surface area contributed by atoms with Crippen LogP contribution in [0.5, 0.6) is 0 Å². The van der Waals surface area contributed by atoms with Crippen LogP contribution in [0.2, 0.25) is 0 Å². The SMILES string of the molecule is Cl.Nc1ccc(S(=O)(=O)c2ccc(N3CCNCC3)c3ccccc23)cc1. The van der Waals surface area contributed by atoms with E-state index in [9.17, 15) is 8.42 Å². The molecule has 0 saturated carbocycles. The van der Waals surface area contributed by atoms with Crippen molar-refractivity contribution in [2.24, 2.45) is 0 Å². The van der Waals surface area contributed by atoms with E-state index in [4.69, 9.17) is 5.73 Å². The second-order valence-electron chi connectivity index (χ2n) is 6.44. The van der Waals surface area contributed by atoms with Gasteiger partial charge in [0.15, 0.2) is 0 Å². The van der Waals surface area contributed by atoms with Crippen LogP contribution < -0.4 is 16.0 Å². The van der Waals surface area contributed by atoms with Gasteiger partial charge in [0.25, 0.3) is 0 Å². The molecule has 142 valence electrons. The van der Waals surface area contributed by atoms with Crippen molar-refractivity contribution in [3.8, 4) is 0 Å². The lowest BCUT2D eigenvalue weighted by atomic mass is 10.1. The van der Waals surface area contributed by atoms with Crippen molar-refractivity contribution in [3.05, 3.63) is 60.7 Å². The van der Waals surface area contributed by atoms with Gasteiger partial charge in [-0.15, -0.1) is 12.4 Å². The summed E-state index contributed by atoms with van der Waals surface area (Å²) in [6.07, 6.45) is 0. The van der Waals surface area contributed by atoms with E-state index < -0.39 is 9.84 Å². The minimum Gasteiger partial charge on any atom is -0.399 e. The Hall–Kier alpha value is -2.28. The summed E-state index contributed by atoms with van der Waals surface area (Å²) < 4.78 is 26.4. The van der Waals surface area contributed by atoms with Gasteiger partial charge >= 0.3 is 0 Å². The van der Waals surface area contributed by atoms with E-state index in [0.29, 0.717) is 10.6 Å². The molecule has 0 atom stereocenters. The third-order valence-electron chi connectivity index (χ3n) is 4.80. The van der Waals surface area contributed by atoms with Crippen LogP contribution in [0.15, 0.2) is 70.5 Å². The number of nitrogens with zero attached hydrogens (tertiary/aromatic N) is 1. The number of halogens is 1. The molecule has 1 aliphatic heterocycles. The smallest absolute Gasteiger partial charge is 0.207 e. The van der Waals surface area contributed by atoms with Gasteiger partial charge in [0.2, 0.25) is 9.84 Å². The molecule has 1 saturated heterocycles. The molecule has 1 aliphatic rings. The lowest BCUT2D eigenvalue weighted by Crippen LogP contribution is -2.43. The molecule has 0 aromatic heterocycles. The molecule has 0 amide bonds. The summed E-state index contributed by atoms with van der Waals surface area (Å²) in [6.45, 7) is 3.68. The first-order valence-corrected chi connectivity index (χ1v) is 10.1. The minimum absolute atomic E-state index is 0. The summed E-state index contributed by atoms with van der Waals surface area (Å²) >= 11 is 0. The summed E-state index contributed by atoms with van der Waals surface area (Å²) in [6, 6.07) is 17.7. The van der Waals surface area contributed by atoms with E-state index in [1.807, 2.05) is 30.3 Å². The second kappa shape index (κ2) is 7.76. The van der Waals surface area contributed by atoms with Crippen molar-refractivity contribution >= 4 is 44.4 Å². The summed E-state index contributed by atoms with van der Waals surface area (Å²) in [5.74, 6) is 0. The number of hydrogen-bond donors (Lipinski definition) is 2. The maximum absolute atomic E-state index is 13.2. The van der Waals surface area contributed by atoms with Gasteiger partial charge < -0.3 is 16.0 Å². The van der Waals surface area contributed by atoms with Gasteiger partial charge in [0, 0.05) is 48.3 Å². The maximum atomic E-state index is 13.2. The molecule has 3 N–H and O–H groups in total. The number of rotatable bonds is 3. The van der Waals surface area contributed by atoms with Gasteiger partial charge in [-0.2, -0.15) is 0 Å². The third kappa shape index (κ3) is 3.60. The molecule has 0 radical (unpaired) electrons. The van der Waals surface area contributed by atoms with Crippen molar-refractivity contribution < 1.29 is 8.42 Å². The summed E-state index contributed by atoms with van der Waals surface area (Å²) in [7, 11) is -3.62. The van der Waals surface area contributed by atoms with Gasteiger partial charge in [-0.1, -0.05) is 24.3 Å². The Balaban J connectivity index is 0.00000210. The lowest BCUT2D eigenvalue weighted by molar-refractivity contribution is 0.590. The molecule has 5 nitrogen and oxygen atoms in total. The number of hydrogen-bond acceptors (Lipinski definition) is 5. The molecule has 0 unspecified atom stereocenters. The fourth-order valence-corrected chi connectivity index (χ4v) is 4.91. The summed E-state index contributed by atoms with van der Waals surface area (Å²) in [5, 5.41) is 5.06.